The smallest absolute Gasteiger partial charge is 0.534 e. The Hall–Kier alpha value is -1.53. The third-order valence-electron chi connectivity index (χ3n) is 6.67. The molecule has 2 N–H and O–H groups in total. The Morgan fingerprint density at radius 3 is 2.66 bits per heavy atom. The number of halogens is 1. The zero-order valence-electron chi connectivity index (χ0n) is 21.2. The maximum atomic E-state index is 9.53. The standard InChI is InChI=1S/C29H33ClNO3.Na/c1-20-7-12-26-25(17-20)29(2,3)27(31(26)13-15-34-16-14-32)19-23-6-4-5-22(28(23)30)18-21-8-10-24(33)11-9-21;/h7-10,12,17-19,32-33H,4-6,13-16H2,1-3H3;/q-1;+1/b22-18+,27-19+;. The maximum absolute atomic E-state index is 9.53. The minimum Gasteiger partial charge on any atom is -0.534 e. The molecule has 0 aromatic heterocycles. The Morgan fingerprint density at radius 2 is 1.94 bits per heavy atom. The van der Waals surface area contributed by atoms with Gasteiger partial charge >= 0.3 is 29.6 Å². The third-order valence-corrected chi connectivity index (χ3v) is 7.16. The van der Waals surface area contributed by atoms with Gasteiger partial charge in [-0.25, -0.2) is 0 Å². The first-order chi connectivity index (χ1) is 16.3. The Labute approximate surface area is 236 Å². The molecule has 0 saturated carbocycles. The van der Waals surface area contributed by atoms with Gasteiger partial charge in [-0.3, -0.25) is 0 Å². The average Bonchev–Trinajstić information content (AvgIpc) is 3.01. The van der Waals surface area contributed by atoms with Crippen molar-refractivity contribution in [2.75, 3.05) is 31.3 Å². The molecule has 0 atom stereocenters. The van der Waals surface area contributed by atoms with Gasteiger partial charge in [-0.2, -0.15) is 12.1 Å². The predicted octanol–water partition coefficient (Wildman–Crippen LogP) is 3.26. The average molecular weight is 502 g/mol. The summed E-state index contributed by atoms with van der Waals surface area (Å²) in [5.41, 5.74) is 8.04. The zero-order chi connectivity index (χ0) is 24.3. The first kappa shape index (κ1) is 28.0. The molecule has 4 rings (SSSR count). The van der Waals surface area contributed by atoms with E-state index in [2.05, 4.69) is 62.1 Å². The van der Waals surface area contributed by atoms with Gasteiger partial charge in [-0.15, -0.1) is 23.8 Å². The summed E-state index contributed by atoms with van der Waals surface area (Å²) in [4.78, 5) is 2.34. The first-order valence-corrected chi connectivity index (χ1v) is 12.3. The summed E-state index contributed by atoms with van der Waals surface area (Å²) in [6.07, 6.45) is 7.26. The summed E-state index contributed by atoms with van der Waals surface area (Å²) in [5, 5.41) is 19.4. The fourth-order valence-electron chi connectivity index (χ4n) is 4.86. The topological polar surface area (TPSA) is 52.9 Å². The van der Waals surface area contributed by atoms with Crippen LogP contribution in [-0.2, 0) is 10.2 Å². The van der Waals surface area contributed by atoms with Crippen molar-refractivity contribution in [3.63, 3.8) is 0 Å². The molecule has 1 aliphatic carbocycles. The number of hydrogen-bond donors (Lipinski definition) is 2. The van der Waals surface area contributed by atoms with Crippen molar-refractivity contribution in [2.24, 2.45) is 0 Å². The van der Waals surface area contributed by atoms with Crippen LogP contribution in [-0.4, -0.2) is 36.6 Å². The molecule has 180 valence electrons. The van der Waals surface area contributed by atoms with Gasteiger partial charge in [-0.1, -0.05) is 43.1 Å². The fourth-order valence-corrected chi connectivity index (χ4v) is 5.16. The molecule has 35 heavy (non-hydrogen) atoms. The second-order valence-electron chi connectivity index (χ2n) is 9.53. The van der Waals surface area contributed by atoms with E-state index in [-0.39, 0.29) is 47.3 Å². The number of allylic oxidation sites excluding steroid dienone is 5. The van der Waals surface area contributed by atoms with E-state index in [0.29, 0.717) is 19.8 Å². The van der Waals surface area contributed by atoms with Crippen molar-refractivity contribution < 1.29 is 44.5 Å². The molecular weight excluding hydrogens is 469 g/mol. The van der Waals surface area contributed by atoms with Crippen LogP contribution in [0.2, 0.25) is 0 Å². The third kappa shape index (κ3) is 6.25. The number of benzene rings is 2. The van der Waals surface area contributed by atoms with Crippen LogP contribution in [0.1, 0.15) is 49.8 Å². The van der Waals surface area contributed by atoms with E-state index in [0.717, 1.165) is 41.0 Å². The van der Waals surface area contributed by atoms with Crippen molar-refractivity contribution in [1.29, 1.82) is 0 Å². The van der Waals surface area contributed by atoms with E-state index >= 15 is 0 Å². The monoisotopic (exact) mass is 501 g/mol. The molecule has 1 aliphatic heterocycles. The van der Waals surface area contributed by atoms with Crippen molar-refractivity contribution in [2.45, 2.75) is 45.4 Å². The SMILES string of the molecule is Cc1ccc2c(c1)C(C)(C)/C(=C\C1=C(Cl)C(=C/c3c[c-]c(O)cc3)/CCC1)N2CCOCCO.[Na+]. The molecule has 0 bridgehead atoms. The number of phenolic OH excluding ortho intramolecular Hbond substituents is 1. The Morgan fingerprint density at radius 1 is 1.14 bits per heavy atom. The van der Waals surface area contributed by atoms with E-state index in [1.807, 2.05) is 6.07 Å². The number of aryl methyl sites for hydroxylation is 1. The number of phenols is 1. The quantitative estimate of drug-likeness (QED) is 0.347. The first-order valence-electron chi connectivity index (χ1n) is 11.9. The molecule has 0 unspecified atom stereocenters. The number of rotatable bonds is 7. The largest absolute Gasteiger partial charge is 1.00 e. The van der Waals surface area contributed by atoms with Crippen LogP contribution in [0.15, 0.2) is 64.3 Å². The molecule has 0 spiro atoms. The molecule has 6 heteroatoms. The van der Waals surface area contributed by atoms with Gasteiger partial charge in [0.2, 0.25) is 0 Å². The predicted molar refractivity (Wildman–Crippen MR) is 139 cm³/mol. The second-order valence-corrected chi connectivity index (χ2v) is 9.91. The molecule has 0 radical (unpaired) electrons. The Kier molecular flexibility index (Phi) is 9.73. The summed E-state index contributed by atoms with van der Waals surface area (Å²) >= 11 is 6.97. The fraction of sp³-hybridized carbons (Fsp3) is 0.379. The summed E-state index contributed by atoms with van der Waals surface area (Å²) in [5.74, 6) is 0.138. The van der Waals surface area contributed by atoms with E-state index in [4.69, 9.17) is 21.4 Å². The van der Waals surface area contributed by atoms with Gasteiger partial charge in [0.1, 0.15) is 0 Å². The summed E-state index contributed by atoms with van der Waals surface area (Å²) in [6.45, 7) is 8.29. The van der Waals surface area contributed by atoms with Crippen LogP contribution in [0.5, 0.6) is 5.75 Å². The molecular formula is C29H33ClNNaO3. The van der Waals surface area contributed by atoms with Crippen LogP contribution in [0.4, 0.5) is 5.69 Å². The summed E-state index contributed by atoms with van der Waals surface area (Å²) in [6, 6.07) is 14.8. The van der Waals surface area contributed by atoms with Gasteiger partial charge < -0.3 is 19.8 Å². The molecule has 0 amide bonds. The number of nitrogens with zero attached hydrogens (tertiary/aromatic N) is 1. The number of hydrogen-bond acceptors (Lipinski definition) is 4. The second kappa shape index (κ2) is 12.1. The summed E-state index contributed by atoms with van der Waals surface area (Å²) < 4.78 is 5.62. The Balaban J connectivity index is 0.00000342. The number of aliphatic hydroxyl groups is 1. The van der Waals surface area contributed by atoms with Gasteiger partial charge in [0.05, 0.1) is 19.8 Å². The molecule has 2 aliphatic rings. The van der Waals surface area contributed by atoms with Gasteiger partial charge in [0.25, 0.3) is 0 Å². The van der Waals surface area contributed by atoms with E-state index < -0.39 is 0 Å². The van der Waals surface area contributed by atoms with Gasteiger partial charge in [0, 0.05) is 34.1 Å². The maximum Gasteiger partial charge on any atom is 1.00 e. The number of ether oxygens (including phenoxy) is 1. The van der Waals surface area contributed by atoms with Crippen LogP contribution < -0.4 is 34.5 Å². The number of anilines is 1. The molecule has 0 saturated heterocycles. The van der Waals surface area contributed by atoms with Crippen LogP contribution in [0.25, 0.3) is 6.08 Å². The molecule has 1 heterocycles. The minimum absolute atomic E-state index is 0. The van der Waals surface area contributed by atoms with Crippen molar-refractivity contribution in [3.05, 3.63) is 87.1 Å². The number of aliphatic hydroxyl groups excluding tert-OH is 1. The van der Waals surface area contributed by atoms with E-state index in [1.165, 1.54) is 22.5 Å². The van der Waals surface area contributed by atoms with E-state index in [1.54, 1.807) is 12.1 Å². The number of aromatic hydroxyl groups is 1. The van der Waals surface area contributed by atoms with Crippen molar-refractivity contribution >= 4 is 23.4 Å². The summed E-state index contributed by atoms with van der Waals surface area (Å²) in [7, 11) is 0. The van der Waals surface area contributed by atoms with Crippen LogP contribution in [0.3, 0.4) is 0 Å². The van der Waals surface area contributed by atoms with E-state index in [9.17, 15) is 5.11 Å². The van der Waals surface area contributed by atoms with Crippen LogP contribution in [0, 0.1) is 13.0 Å². The van der Waals surface area contributed by atoms with Gasteiger partial charge in [0.15, 0.2) is 0 Å². The molecule has 4 nitrogen and oxygen atoms in total. The molecule has 0 fully saturated rings. The zero-order valence-corrected chi connectivity index (χ0v) is 24.0. The minimum atomic E-state index is -0.171. The Bertz CT molecular complexity index is 1140. The van der Waals surface area contributed by atoms with Gasteiger partial charge in [-0.05, 0) is 55.0 Å². The normalized spacial score (nSPS) is 19.3. The number of fused-ring (bicyclic) bond motifs is 1. The molecule has 2 aromatic carbocycles. The molecule has 2 aromatic rings. The van der Waals surface area contributed by atoms with Crippen molar-refractivity contribution in [1.82, 2.24) is 0 Å². The van der Waals surface area contributed by atoms with Crippen molar-refractivity contribution in [3.8, 4) is 5.75 Å². The van der Waals surface area contributed by atoms with Crippen LogP contribution >= 0.6 is 11.6 Å².